The molecule has 0 unspecified atom stereocenters. The van der Waals surface area contributed by atoms with E-state index in [-0.39, 0.29) is 18.2 Å². The second kappa shape index (κ2) is 7.26. The fourth-order valence-electron chi connectivity index (χ4n) is 1.93. The normalized spacial score (nSPS) is 11.9. The highest BCUT2D eigenvalue weighted by Crippen LogP contribution is 2.17. The van der Waals surface area contributed by atoms with Crippen molar-refractivity contribution in [3.05, 3.63) is 42.3 Å². The van der Waals surface area contributed by atoms with Gasteiger partial charge in [0.05, 0.1) is 12.2 Å². The first-order valence-corrected chi connectivity index (χ1v) is 6.22. The molecule has 0 aliphatic carbocycles. The lowest BCUT2D eigenvalue weighted by atomic mass is 10.1. The molecule has 0 aliphatic rings. The Kier molecular flexibility index (Phi) is 5.99. The fourth-order valence-corrected chi connectivity index (χ4v) is 1.93. The smallest absolute Gasteiger partial charge is 0.123 e. The second-order valence-electron chi connectivity index (χ2n) is 4.39. The van der Waals surface area contributed by atoms with Crippen molar-refractivity contribution < 1.29 is 4.39 Å². The largest absolute Gasteiger partial charge is 0.313 e. The van der Waals surface area contributed by atoms with E-state index >= 15 is 0 Å². The van der Waals surface area contributed by atoms with Crippen LogP contribution in [0.1, 0.15) is 13.8 Å². The molecule has 0 fully saturated rings. The van der Waals surface area contributed by atoms with Crippen molar-refractivity contribution in [1.82, 2.24) is 15.1 Å². The van der Waals surface area contributed by atoms with E-state index < -0.39 is 0 Å². The lowest BCUT2D eigenvalue weighted by Crippen LogP contribution is -2.30. The Bertz CT molecular complexity index is 496. The molecule has 1 aromatic carbocycles. The second-order valence-corrected chi connectivity index (χ2v) is 4.39. The Balaban J connectivity index is 0.00000180. The van der Waals surface area contributed by atoms with Gasteiger partial charge in [-0.1, -0.05) is 6.92 Å². The van der Waals surface area contributed by atoms with E-state index in [0.29, 0.717) is 6.04 Å². The molecule has 1 heterocycles. The monoisotopic (exact) mass is 283 g/mol. The summed E-state index contributed by atoms with van der Waals surface area (Å²) in [5.74, 6) is -0.223. The number of benzene rings is 1. The Morgan fingerprint density at radius 1 is 1.26 bits per heavy atom. The highest BCUT2D eigenvalue weighted by atomic mass is 35.5. The molecule has 19 heavy (non-hydrogen) atoms. The van der Waals surface area contributed by atoms with Crippen molar-refractivity contribution in [2.45, 2.75) is 26.4 Å². The number of hydrogen-bond donors (Lipinski definition) is 1. The third kappa shape index (κ3) is 4.33. The van der Waals surface area contributed by atoms with Gasteiger partial charge in [0.2, 0.25) is 0 Å². The average Bonchev–Trinajstić information content (AvgIpc) is 2.78. The first-order chi connectivity index (χ1) is 8.69. The van der Waals surface area contributed by atoms with Gasteiger partial charge < -0.3 is 5.32 Å². The first-order valence-electron chi connectivity index (χ1n) is 6.22. The van der Waals surface area contributed by atoms with Crippen LogP contribution in [0.2, 0.25) is 0 Å². The van der Waals surface area contributed by atoms with Gasteiger partial charge in [0.15, 0.2) is 0 Å². The summed E-state index contributed by atoms with van der Waals surface area (Å²) in [6.07, 6.45) is 1.95. The van der Waals surface area contributed by atoms with Gasteiger partial charge in [0.25, 0.3) is 0 Å². The lowest BCUT2D eigenvalue weighted by Gasteiger charge is -2.11. The van der Waals surface area contributed by atoms with Gasteiger partial charge >= 0.3 is 0 Å². The molecule has 0 saturated heterocycles. The maximum Gasteiger partial charge on any atom is 0.123 e. The summed E-state index contributed by atoms with van der Waals surface area (Å²) in [7, 11) is 0. The molecule has 104 valence electrons. The van der Waals surface area contributed by atoms with Crippen LogP contribution in [-0.4, -0.2) is 22.4 Å². The van der Waals surface area contributed by atoms with Crippen molar-refractivity contribution in [3.8, 4) is 11.3 Å². The van der Waals surface area contributed by atoms with Crippen LogP contribution in [0.3, 0.4) is 0 Å². The first kappa shape index (κ1) is 15.7. The Morgan fingerprint density at radius 2 is 1.95 bits per heavy atom. The predicted octanol–water partition coefficient (Wildman–Crippen LogP) is 3.11. The van der Waals surface area contributed by atoms with Gasteiger partial charge in [-0.05, 0) is 43.8 Å². The zero-order valence-electron chi connectivity index (χ0n) is 11.1. The minimum atomic E-state index is -0.223. The topological polar surface area (TPSA) is 29.9 Å². The van der Waals surface area contributed by atoms with Gasteiger partial charge in [-0.25, -0.2) is 4.39 Å². The highest BCUT2D eigenvalue weighted by molar-refractivity contribution is 5.85. The molecule has 0 amide bonds. The average molecular weight is 284 g/mol. The molecule has 0 aliphatic heterocycles. The molecule has 1 N–H and O–H groups in total. The summed E-state index contributed by atoms with van der Waals surface area (Å²) in [6, 6.07) is 8.73. The summed E-state index contributed by atoms with van der Waals surface area (Å²) in [5, 5.41) is 7.83. The maximum atomic E-state index is 12.8. The molecule has 5 heteroatoms. The quantitative estimate of drug-likeness (QED) is 0.914. The maximum absolute atomic E-state index is 12.8. The van der Waals surface area contributed by atoms with E-state index in [0.717, 1.165) is 24.3 Å². The Hall–Kier alpha value is -1.39. The van der Waals surface area contributed by atoms with Gasteiger partial charge in [-0.3, -0.25) is 4.68 Å². The number of likely N-dealkylation sites (N-methyl/N-ethyl adjacent to an activating group) is 1. The third-order valence-corrected chi connectivity index (χ3v) is 2.79. The number of nitrogens with one attached hydrogen (secondary N) is 1. The molecule has 1 atom stereocenters. The standard InChI is InChI=1S/C14H18FN3.ClH/c1-3-16-11(2)10-18-9-8-14(17-18)12-4-6-13(15)7-5-12;/h4-9,11,16H,3,10H2,1-2H3;1H/t11-;/m1./s1. The Labute approximate surface area is 119 Å². The van der Waals surface area contributed by atoms with Crippen LogP contribution >= 0.6 is 12.4 Å². The minimum Gasteiger partial charge on any atom is -0.313 e. The van der Waals surface area contributed by atoms with Crippen LogP contribution in [0.15, 0.2) is 36.5 Å². The van der Waals surface area contributed by atoms with Crippen molar-refractivity contribution in [1.29, 1.82) is 0 Å². The zero-order valence-corrected chi connectivity index (χ0v) is 12.0. The van der Waals surface area contributed by atoms with Gasteiger partial charge in [0, 0.05) is 17.8 Å². The van der Waals surface area contributed by atoms with E-state index in [9.17, 15) is 4.39 Å². The number of halogens is 2. The minimum absolute atomic E-state index is 0. The van der Waals surface area contributed by atoms with Crippen molar-refractivity contribution in [2.75, 3.05) is 6.54 Å². The van der Waals surface area contributed by atoms with Crippen LogP contribution in [-0.2, 0) is 6.54 Å². The summed E-state index contributed by atoms with van der Waals surface area (Å²) >= 11 is 0. The summed E-state index contributed by atoms with van der Waals surface area (Å²) in [6.45, 7) is 5.99. The molecular weight excluding hydrogens is 265 g/mol. The van der Waals surface area contributed by atoms with Crippen LogP contribution in [0.25, 0.3) is 11.3 Å². The van der Waals surface area contributed by atoms with Crippen LogP contribution in [0.5, 0.6) is 0 Å². The number of rotatable bonds is 5. The lowest BCUT2D eigenvalue weighted by molar-refractivity contribution is 0.462. The molecule has 0 saturated carbocycles. The van der Waals surface area contributed by atoms with Gasteiger partial charge in [-0.15, -0.1) is 12.4 Å². The molecule has 1 aromatic heterocycles. The highest BCUT2D eigenvalue weighted by Gasteiger charge is 2.05. The number of aromatic nitrogens is 2. The van der Waals surface area contributed by atoms with Crippen LogP contribution in [0, 0.1) is 5.82 Å². The van der Waals surface area contributed by atoms with E-state index in [1.165, 1.54) is 12.1 Å². The molecule has 3 nitrogen and oxygen atoms in total. The molecule has 2 rings (SSSR count). The molecule has 0 radical (unpaired) electrons. The summed E-state index contributed by atoms with van der Waals surface area (Å²) in [4.78, 5) is 0. The van der Waals surface area contributed by atoms with E-state index in [1.54, 1.807) is 12.1 Å². The predicted molar refractivity (Wildman–Crippen MR) is 78.0 cm³/mol. The zero-order chi connectivity index (χ0) is 13.0. The molecular formula is C14H19ClFN3. The van der Waals surface area contributed by atoms with E-state index in [4.69, 9.17) is 0 Å². The van der Waals surface area contributed by atoms with Gasteiger partial charge in [0.1, 0.15) is 5.82 Å². The number of nitrogens with zero attached hydrogens (tertiary/aromatic N) is 2. The van der Waals surface area contributed by atoms with Crippen molar-refractivity contribution in [2.24, 2.45) is 0 Å². The van der Waals surface area contributed by atoms with Gasteiger partial charge in [-0.2, -0.15) is 5.10 Å². The van der Waals surface area contributed by atoms with Crippen molar-refractivity contribution >= 4 is 12.4 Å². The third-order valence-electron chi connectivity index (χ3n) is 2.79. The Morgan fingerprint density at radius 3 is 2.58 bits per heavy atom. The molecule has 0 bridgehead atoms. The van der Waals surface area contributed by atoms with Crippen LogP contribution in [0.4, 0.5) is 4.39 Å². The SMILES string of the molecule is CCN[C@H](C)Cn1ccc(-c2ccc(F)cc2)n1.Cl. The summed E-state index contributed by atoms with van der Waals surface area (Å²) < 4.78 is 14.7. The van der Waals surface area contributed by atoms with E-state index in [2.05, 4.69) is 24.3 Å². The van der Waals surface area contributed by atoms with E-state index in [1.807, 2.05) is 16.9 Å². The number of hydrogen-bond acceptors (Lipinski definition) is 2. The summed E-state index contributed by atoms with van der Waals surface area (Å²) in [5.41, 5.74) is 1.81. The van der Waals surface area contributed by atoms with Crippen LogP contribution < -0.4 is 5.32 Å². The molecule has 0 spiro atoms. The molecule has 2 aromatic rings. The van der Waals surface area contributed by atoms with Crippen molar-refractivity contribution in [3.63, 3.8) is 0 Å². The fraction of sp³-hybridized carbons (Fsp3) is 0.357.